The Morgan fingerprint density at radius 2 is 2.09 bits per heavy atom. The minimum atomic E-state index is 0.269. The quantitative estimate of drug-likeness (QED) is 0.771. The van der Waals surface area contributed by atoms with Crippen molar-refractivity contribution in [1.29, 1.82) is 0 Å². The van der Waals surface area contributed by atoms with Crippen LogP contribution < -0.4 is 0 Å². The van der Waals surface area contributed by atoms with Crippen LogP contribution in [0.2, 0.25) is 0 Å². The number of allylic oxidation sites excluding steroid dienone is 3. The molecule has 0 radical (unpaired) electrons. The van der Waals surface area contributed by atoms with Crippen LogP contribution in [-0.2, 0) is 11.3 Å². The zero-order valence-electron chi connectivity index (χ0n) is 13.8. The summed E-state index contributed by atoms with van der Waals surface area (Å²) in [7, 11) is 0. The minimum Gasteiger partial charge on any atom is -0.373 e. The van der Waals surface area contributed by atoms with Gasteiger partial charge in [0, 0.05) is 19.0 Å². The maximum absolute atomic E-state index is 6.28. The highest BCUT2D eigenvalue weighted by Crippen LogP contribution is 2.40. The molecule has 0 N–H and O–H groups in total. The molecular weight excluding hydrogens is 282 g/mol. The molecule has 0 aromatic heterocycles. The fourth-order valence-electron chi connectivity index (χ4n) is 4.10. The Kier molecular flexibility index (Phi) is 4.09. The molecule has 0 saturated carbocycles. The maximum atomic E-state index is 6.28. The van der Waals surface area contributed by atoms with Crippen LogP contribution >= 0.6 is 0 Å². The predicted octanol–water partition coefficient (Wildman–Crippen LogP) is 4.31. The van der Waals surface area contributed by atoms with Gasteiger partial charge in [-0.05, 0) is 49.1 Å². The van der Waals surface area contributed by atoms with Crippen molar-refractivity contribution in [2.45, 2.75) is 32.4 Å². The van der Waals surface area contributed by atoms with Crippen LogP contribution in [-0.4, -0.2) is 24.2 Å². The Balaban J connectivity index is 1.47. The van der Waals surface area contributed by atoms with Gasteiger partial charge in [-0.15, -0.1) is 0 Å². The molecule has 4 rings (SSSR count). The number of ether oxygens (including phenoxy) is 1. The van der Waals surface area contributed by atoms with Crippen molar-refractivity contribution in [1.82, 2.24) is 4.90 Å². The van der Waals surface area contributed by atoms with Gasteiger partial charge in [-0.3, -0.25) is 0 Å². The molecule has 2 heterocycles. The fraction of sp³-hybridized carbons (Fsp3) is 0.429. The van der Waals surface area contributed by atoms with Gasteiger partial charge in [-0.25, -0.2) is 0 Å². The van der Waals surface area contributed by atoms with Gasteiger partial charge in [-0.1, -0.05) is 48.1 Å². The third kappa shape index (κ3) is 3.13. The average molecular weight is 307 g/mol. The molecule has 23 heavy (non-hydrogen) atoms. The van der Waals surface area contributed by atoms with Crippen LogP contribution in [0.3, 0.4) is 0 Å². The Hall–Kier alpha value is -1.80. The van der Waals surface area contributed by atoms with Gasteiger partial charge in [0.05, 0.1) is 12.7 Å². The Bertz CT molecular complexity index is 643. The molecule has 2 nitrogen and oxygen atoms in total. The second-order valence-corrected chi connectivity index (χ2v) is 7.12. The van der Waals surface area contributed by atoms with E-state index in [0.29, 0.717) is 5.92 Å². The SMILES string of the molecule is CC1=CC[C@H]2COC(C3=CC=CN(Cc4ccccc4)C3)[C@@H]1C2. The molecule has 0 spiro atoms. The first-order valence-electron chi connectivity index (χ1n) is 8.73. The molecule has 3 aliphatic rings. The number of rotatable bonds is 3. The summed E-state index contributed by atoms with van der Waals surface area (Å²) >= 11 is 0. The maximum Gasteiger partial charge on any atom is 0.0870 e. The first-order valence-corrected chi connectivity index (χ1v) is 8.73. The van der Waals surface area contributed by atoms with Crippen LogP contribution in [0.15, 0.2) is 65.9 Å². The van der Waals surface area contributed by atoms with Gasteiger partial charge in [0.25, 0.3) is 0 Å². The van der Waals surface area contributed by atoms with Gasteiger partial charge in [0.15, 0.2) is 0 Å². The summed E-state index contributed by atoms with van der Waals surface area (Å²) in [6, 6.07) is 10.7. The van der Waals surface area contributed by atoms with E-state index in [9.17, 15) is 0 Å². The van der Waals surface area contributed by atoms with E-state index in [0.717, 1.165) is 25.6 Å². The zero-order chi connectivity index (χ0) is 15.6. The first kappa shape index (κ1) is 14.8. The molecule has 1 aliphatic carbocycles. The van der Waals surface area contributed by atoms with Gasteiger partial charge < -0.3 is 9.64 Å². The lowest BCUT2D eigenvalue weighted by Crippen LogP contribution is -2.41. The topological polar surface area (TPSA) is 12.5 Å². The van der Waals surface area contributed by atoms with Crippen molar-refractivity contribution in [3.05, 3.63) is 71.5 Å². The second-order valence-electron chi connectivity index (χ2n) is 7.12. The van der Waals surface area contributed by atoms with E-state index in [4.69, 9.17) is 4.74 Å². The lowest BCUT2D eigenvalue weighted by Gasteiger charge is -2.42. The highest BCUT2D eigenvalue weighted by atomic mass is 16.5. The summed E-state index contributed by atoms with van der Waals surface area (Å²) < 4.78 is 6.28. The van der Waals surface area contributed by atoms with Crippen molar-refractivity contribution in [3.8, 4) is 0 Å². The zero-order valence-corrected chi connectivity index (χ0v) is 13.8. The monoisotopic (exact) mass is 307 g/mol. The highest BCUT2D eigenvalue weighted by molar-refractivity contribution is 5.28. The molecule has 2 heteroatoms. The summed E-state index contributed by atoms with van der Waals surface area (Å²) in [4.78, 5) is 2.39. The van der Waals surface area contributed by atoms with Crippen molar-refractivity contribution >= 4 is 0 Å². The molecule has 1 saturated heterocycles. The number of nitrogens with zero attached hydrogens (tertiary/aromatic N) is 1. The number of fused-ring (bicyclic) bond motifs is 2. The number of hydrogen-bond acceptors (Lipinski definition) is 2. The molecule has 2 bridgehead atoms. The summed E-state index contributed by atoms with van der Waals surface area (Å²) in [6.07, 6.45) is 11.9. The highest BCUT2D eigenvalue weighted by Gasteiger charge is 2.36. The number of hydrogen-bond donors (Lipinski definition) is 0. The smallest absolute Gasteiger partial charge is 0.0870 e. The molecule has 3 atom stereocenters. The average Bonchev–Trinajstić information content (AvgIpc) is 2.60. The van der Waals surface area contributed by atoms with Crippen LogP contribution in [0, 0.1) is 11.8 Å². The third-order valence-corrected chi connectivity index (χ3v) is 5.41. The van der Waals surface area contributed by atoms with Crippen LogP contribution in [0.5, 0.6) is 0 Å². The van der Waals surface area contributed by atoms with Gasteiger partial charge >= 0.3 is 0 Å². The van der Waals surface area contributed by atoms with Crippen LogP contribution in [0.4, 0.5) is 0 Å². The molecule has 1 unspecified atom stereocenters. The molecule has 1 aromatic carbocycles. The van der Waals surface area contributed by atoms with E-state index >= 15 is 0 Å². The van der Waals surface area contributed by atoms with Crippen LogP contribution in [0.25, 0.3) is 0 Å². The standard InChI is InChI=1S/C21H25NO/c1-16-9-10-18-12-20(16)21(23-15-18)19-8-5-11-22(14-19)13-17-6-3-2-4-7-17/h2-9,11,18,20-21H,10,12-15H2,1H3/t18-,20-,21?/m1/s1. The molecule has 0 amide bonds. The molecule has 1 aromatic rings. The summed E-state index contributed by atoms with van der Waals surface area (Å²) in [5.74, 6) is 1.32. The minimum absolute atomic E-state index is 0.269. The third-order valence-electron chi connectivity index (χ3n) is 5.41. The summed E-state index contributed by atoms with van der Waals surface area (Å²) in [5, 5.41) is 0. The summed E-state index contributed by atoms with van der Waals surface area (Å²) in [5.41, 5.74) is 4.31. The fourth-order valence-corrected chi connectivity index (χ4v) is 4.10. The van der Waals surface area contributed by atoms with Gasteiger partial charge in [0.2, 0.25) is 0 Å². The van der Waals surface area contributed by atoms with E-state index in [1.54, 1.807) is 0 Å². The van der Waals surface area contributed by atoms with E-state index in [2.05, 4.69) is 66.6 Å². The van der Waals surface area contributed by atoms with E-state index < -0.39 is 0 Å². The van der Waals surface area contributed by atoms with Crippen molar-refractivity contribution in [2.24, 2.45) is 11.8 Å². The molecule has 1 fully saturated rings. The predicted molar refractivity (Wildman–Crippen MR) is 93.8 cm³/mol. The Morgan fingerprint density at radius 1 is 1.22 bits per heavy atom. The van der Waals surface area contributed by atoms with Crippen molar-refractivity contribution in [3.63, 3.8) is 0 Å². The first-order chi connectivity index (χ1) is 11.3. The Labute approximate surface area is 139 Å². The van der Waals surface area contributed by atoms with E-state index in [1.165, 1.54) is 29.6 Å². The summed E-state index contributed by atoms with van der Waals surface area (Å²) in [6.45, 7) is 5.14. The largest absolute Gasteiger partial charge is 0.373 e. The van der Waals surface area contributed by atoms with E-state index in [1.807, 2.05) is 0 Å². The number of benzene rings is 1. The molecule has 2 aliphatic heterocycles. The Morgan fingerprint density at radius 3 is 2.96 bits per heavy atom. The normalized spacial score (nSPS) is 30.0. The van der Waals surface area contributed by atoms with E-state index in [-0.39, 0.29) is 6.10 Å². The van der Waals surface area contributed by atoms with Crippen LogP contribution in [0.1, 0.15) is 25.3 Å². The lowest BCUT2D eigenvalue weighted by atomic mass is 9.75. The van der Waals surface area contributed by atoms with Gasteiger partial charge in [0.1, 0.15) is 0 Å². The molecule has 120 valence electrons. The molecular formula is C21H25NO. The second kappa shape index (κ2) is 6.37. The van der Waals surface area contributed by atoms with Crippen molar-refractivity contribution < 1.29 is 4.74 Å². The van der Waals surface area contributed by atoms with Gasteiger partial charge in [-0.2, -0.15) is 0 Å². The lowest BCUT2D eigenvalue weighted by molar-refractivity contribution is -0.0314. The van der Waals surface area contributed by atoms with Crippen molar-refractivity contribution in [2.75, 3.05) is 13.2 Å².